The maximum absolute atomic E-state index is 12.4. The zero-order valence-electron chi connectivity index (χ0n) is 17.1. The number of hydrogen-bond acceptors (Lipinski definition) is 4. The average Bonchev–Trinajstić information content (AvgIpc) is 2.65. The first kappa shape index (κ1) is 21.7. The molecule has 0 aliphatic carbocycles. The van der Waals surface area contributed by atoms with Crippen molar-refractivity contribution in [3.05, 3.63) is 29.8 Å². The highest BCUT2D eigenvalue weighted by Crippen LogP contribution is 2.24. The van der Waals surface area contributed by atoms with E-state index in [-0.39, 0.29) is 36.9 Å². The van der Waals surface area contributed by atoms with Gasteiger partial charge in [0.25, 0.3) is 5.91 Å². The molecule has 1 aliphatic heterocycles. The number of carboxylic acids is 1. The summed E-state index contributed by atoms with van der Waals surface area (Å²) in [7, 11) is 1.55. The predicted octanol–water partition coefficient (Wildman–Crippen LogP) is 2.14. The molecule has 1 saturated heterocycles. The number of carbonyl (C=O) groups excluding carboxylic acids is 2. The number of hydrogen-bond donors (Lipinski definition) is 1. The minimum absolute atomic E-state index is 0.0447. The minimum atomic E-state index is -0.882. The van der Waals surface area contributed by atoms with E-state index in [2.05, 4.69) is 20.8 Å². The zero-order chi connectivity index (χ0) is 20.9. The lowest BCUT2D eigenvalue weighted by molar-refractivity contribution is -0.147. The Morgan fingerprint density at radius 1 is 1.21 bits per heavy atom. The van der Waals surface area contributed by atoms with Crippen molar-refractivity contribution in [1.29, 1.82) is 0 Å². The lowest BCUT2D eigenvalue weighted by atomic mass is 9.87. The van der Waals surface area contributed by atoms with Crippen molar-refractivity contribution in [3.8, 4) is 5.75 Å². The zero-order valence-corrected chi connectivity index (χ0v) is 17.1. The van der Waals surface area contributed by atoms with Crippen molar-refractivity contribution >= 4 is 17.8 Å². The first-order chi connectivity index (χ1) is 13.1. The fourth-order valence-electron chi connectivity index (χ4n) is 3.10. The molecule has 28 heavy (non-hydrogen) atoms. The van der Waals surface area contributed by atoms with Gasteiger partial charge in [0, 0.05) is 20.1 Å². The largest absolute Gasteiger partial charge is 0.484 e. The van der Waals surface area contributed by atoms with Crippen LogP contribution in [0.25, 0.3) is 0 Å². The second kappa shape index (κ2) is 9.08. The fraction of sp³-hybridized carbons (Fsp3) is 0.571. The van der Waals surface area contributed by atoms with Crippen LogP contribution < -0.4 is 4.74 Å². The number of benzene rings is 1. The van der Waals surface area contributed by atoms with Crippen molar-refractivity contribution in [2.45, 2.75) is 39.0 Å². The molecule has 1 unspecified atom stereocenters. The van der Waals surface area contributed by atoms with E-state index < -0.39 is 11.9 Å². The molecule has 0 radical (unpaired) electrons. The van der Waals surface area contributed by atoms with Crippen LogP contribution in [-0.2, 0) is 19.8 Å². The maximum atomic E-state index is 12.4. The smallest absolute Gasteiger partial charge is 0.308 e. The third-order valence-electron chi connectivity index (χ3n) is 5.00. The molecule has 1 aliphatic rings. The van der Waals surface area contributed by atoms with E-state index >= 15 is 0 Å². The third-order valence-corrected chi connectivity index (χ3v) is 5.00. The van der Waals surface area contributed by atoms with Crippen LogP contribution in [0.5, 0.6) is 5.75 Å². The van der Waals surface area contributed by atoms with Gasteiger partial charge in [-0.15, -0.1) is 0 Å². The van der Waals surface area contributed by atoms with Gasteiger partial charge >= 0.3 is 5.97 Å². The Kier molecular flexibility index (Phi) is 7.05. The van der Waals surface area contributed by atoms with Gasteiger partial charge in [-0.3, -0.25) is 14.4 Å². The van der Waals surface area contributed by atoms with Gasteiger partial charge in [-0.25, -0.2) is 0 Å². The summed E-state index contributed by atoms with van der Waals surface area (Å²) in [5.41, 5.74) is 1.22. The molecule has 1 aromatic carbocycles. The summed E-state index contributed by atoms with van der Waals surface area (Å²) >= 11 is 0. The van der Waals surface area contributed by atoms with Crippen molar-refractivity contribution in [1.82, 2.24) is 9.80 Å². The summed E-state index contributed by atoms with van der Waals surface area (Å²) in [6.45, 7) is 6.86. The summed E-state index contributed by atoms with van der Waals surface area (Å²) < 4.78 is 5.54. The normalized spacial score (nSPS) is 17.1. The van der Waals surface area contributed by atoms with Crippen LogP contribution in [0, 0.1) is 5.92 Å². The van der Waals surface area contributed by atoms with Crippen LogP contribution in [-0.4, -0.2) is 66.0 Å². The molecule has 2 amide bonds. The van der Waals surface area contributed by atoms with Crippen LogP contribution in [0.15, 0.2) is 24.3 Å². The molecule has 1 atom stereocenters. The van der Waals surface area contributed by atoms with E-state index in [4.69, 9.17) is 9.84 Å². The molecular weight excluding hydrogens is 360 g/mol. The summed E-state index contributed by atoms with van der Waals surface area (Å²) in [5, 5.41) is 9.13. The van der Waals surface area contributed by atoms with Crippen molar-refractivity contribution < 1.29 is 24.2 Å². The Morgan fingerprint density at radius 3 is 2.43 bits per heavy atom. The number of carboxylic acid groups (broad SMARTS) is 1. The molecule has 1 heterocycles. The average molecular weight is 390 g/mol. The van der Waals surface area contributed by atoms with E-state index in [1.54, 1.807) is 7.05 Å². The summed E-state index contributed by atoms with van der Waals surface area (Å²) in [4.78, 5) is 38.6. The van der Waals surface area contributed by atoms with Gasteiger partial charge in [0.1, 0.15) is 5.75 Å². The Labute approximate surface area is 166 Å². The number of ether oxygens (including phenoxy) is 1. The van der Waals surface area contributed by atoms with E-state index in [1.165, 1.54) is 15.4 Å². The molecule has 1 N–H and O–H groups in total. The molecular formula is C21H30N2O5. The lowest BCUT2D eigenvalue weighted by Gasteiger charge is -2.32. The van der Waals surface area contributed by atoms with Crippen LogP contribution in [0.4, 0.5) is 0 Å². The molecule has 7 nitrogen and oxygen atoms in total. The molecule has 1 aromatic rings. The van der Waals surface area contributed by atoms with Crippen LogP contribution in [0.2, 0.25) is 0 Å². The van der Waals surface area contributed by atoms with Crippen molar-refractivity contribution in [2.24, 2.45) is 5.92 Å². The SMILES string of the molecule is CN(CC(=O)N1CCCC(C(=O)O)C1)C(=O)COc1ccc(C(C)(C)C)cc1. The first-order valence-corrected chi connectivity index (χ1v) is 9.56. The standard InChI is InChI=1S/C21H30N2O5/c1-21(2,3)16-7-9-17(10-8-16)28-14-19(25)22(4)13-18(24)23-11-5-6-15(12-23)20(26)27/h7-10,15H,5-6,11-14H2,1-4H3,(H,26,27). The highest BCUT2D eigenvalue weighted by molar-refractivity contribution is 5.85. The number of likely N-dealkylation sites (tertiary alicyclic amines) is 1. The van der Waals surface area contributed by atoms with Crippen LogP contribution >= 0.6 is 0 Å². The second-order valence-corrected chi connectivity index (χ2v) is 8.33. The number of aliphatic carboxylic acids is 1. The molecule has 0 spiro atoms. The van der Waals surface area contributed by atoms with Gasteiger partial charge in [-0.2, -0.15) is 0 Å². The van der Waals surface area contributed by atoms with Gasteiger partial charge < -0.3 is 19.6 Å². The Morgan fingerprint density at radius 2 is 1.86 bits per heavy atom. The first-order valence-electron chi connectivity index (χ1n) is 9.56. The molecule has 7 heteroatoms. The number of piperidine rings is 1. The Hall–Kier alpha value is -2.57. The summed E-state index contributed by atoms with van der Waals surface area (Å²) in [5.74, 6) is -1.36. The van der Waals surface area contributed by atoms with E-state index in [0.29, 0.717) is 25.1 Å². The molecule has 0 bridgehead atoms. The number of likely N-dealkylation sites (N-methyl/N-ethyl adjacent to an activating group) is 1. The second-order valence-electron chi connectivity index (χ2n) is 8.33. The van der Waals surface area contributed by atoms with Crippen LogP contribution in [0.3, 0.4) is 0 Å². The molecule has 0 saturated carbocycles. The molecule has 1 fully saturated rings. The maximum Gasteiger partial charge on any atom is 0.308 e. The predicted molar refractivity (Wildman–Crippen MR) is 105 cm³/mol. The number of amides is 2. The molecule has 2 rings (SSSR count). The van der Waals surface area contributed by atoms with Crippen LogP contribution in [0.1, 0.15) is 39.2 Å². The lowest BCUT2D eigenvalue weighted by Crippen LogP contribution is -2.47. The topological polar surface area (TPSA) is 87.2 Å². The quantitative estimate of drug-likeness (QED) is 0.804. The van der Waals surface area contributed by atoms with Gasteiger partial charge in [0.15, 0.2) is 6.61 Å². The number of rotatable bonds is 6. The van der Waals surface area contributed by atoms with Gasteiger partial charge in [0.2, 0.25) is 5.91 Å². The van der Waals surface area contributed by atoms with Crippen molar-refractivity contribution in [2.75, 3.05) is 33.3 Å². The van der Waals surface area contributed by atoms with E-state index in [1.807, 2.05) is 24.3 Å². The van der Waals surface area contributed by atoms with Gasteiger partial charge in [0.05, 0.1) is 12.5 Å². The summed E-state index contributed by atoms with van der Waals surface area (Å²) in [6.07, 6.45) is 1.24. The highest BCUT2D eigenvalue weighted by atomic mass is 16.5. The Bertz CT molecular complexity index is 709. The van der Waals surface area contributed by atoms with Crippen molar-refractivity contribution in [3.63, 3.8) is 0 Å². The third kappa shape index (κ3) is 5.97. The van der Waals surface area contributed by atoms with E-state index in [9.17, 15) is 14.4 Å². The molecule has 0 aromatic heterocycles. The number of carbonyl (C=O) groups is 3. The molecule has 154 valence electrons. The van der Waals surface area contributed by atoms with E-state index in [0.717, 1.165) is 0 Å². The van der Waals surface area contributed by atoms with Gasteiger partial charge in [-0.05, 0) is 36.0 Å². The van der Waals surface area contributed by atoms with Gasteiger partial charge in [-0.1, -0.05) is 32.9 Å². The summed E-state index contributed by atoms with van der Waals surface area (Å²) in [6, 6.07) is 7.61. The Balaban J connectivity index is 1.82. The minimum Gasteiger partial charge on any atom is -0.484 e. The monoisotopic (exact) mass is 390 g/mol. The fourth-order valence-corrected chi connectivity index (χ4v) is 3.10. The number of nitrogens with zero attached hydrogens (tertiary/aromatic N) is 2. The highest BCUT2D eigenvalue weighted by Gasteiger charge is 2.29.